The molecule has 0 unspecified atom stereocenters. The molecule has 218 valence electrons. The molecule has 6 rings (SSSR count). The number of oxazole rings is 1. The Labute approximate surface area is 246 Å². The first-order valence-corrected chi connectivity index (χ1v) is 13.7. The van der Waals surface area contributed by atoms with E-state index in [1.165, 1.54) is 0 Å². The van der Waals surface area contributed by atoms with Gasteiger partial charge in [0.05, 0.1) is 44.1 Å². The summed E-state index contributed by atoms with van der Waals surface area (Å²) in [6.45, 7) is 3.13. The molecule has 43 heavy (non-hydrogen) atoms. The number of H-pyrrole nitrogens is 1. The smallest absolute Gasteiger partial charge is 0.309 e. The number of carbonyl (C=O) groups excluding carboxylic acids is 1. The fourth-order valence-corrected chi connectivity index (χ4v) is 4.41. The van der Waals surface area contributed by atoms with Crippen LogP contribution < -0.4 is 9.47 Å². The van der Waals surface area contributed by atoms with E-state index in [-0.39, 0.29) is 25.6 Å². The Morgan fingerprint density at radius 3 is 2.72 bits per heavy atom. The zero-order valence-electron chi connectivity index (χ0n) is 23.4. The van der Waals surface area contributed by atoms with Gasteiger partial charge in [0.1, 0.15) is 23.6 Å². The number of rotatable bonds is 13. The second-order valence-corrected chi connectivity index (χ2v) is 9.52. The molecule has 0 aliphatic rings. The highest BCUT2D eigenvalue weighted by Gasteiger charge is 2.13. The number of fused-ring (bicyclic) bond motifs is 2. The average molecular weight is 581 g/mol. The van der Waals surface area contributed by atoms with Crippen molar-refractivity contribution in [3.05, 3.63) is 89.6 Å². The fraction of sp³-hybridized carbons (Fsp3) is 0.226. The quantitative estimate of drug-likeness (QED) is 0.180. The van der Waals surface area contributed by atoms with Gasteiger partial charge in [-0.2, -0.15) is 0 Å². The van der Waals surface area contributed by atoms with Crippen LogP contribution >= 0.6 is 0 Å². The van der Waals surface area contributed by atoms with E-state index in [0.717, 1.165) is 27.7 Å². The number of pyridine rings is 1. The molecule has 0 saturated carbocycles. The Kier molecular flexibility index (Phi) is 8.46. The van der Waals surface area contributed by atoms with E-state index in [9.17, 15) is 4.79 Å². The lowest BCUT2D eigenvalue weighted by Gasteiger charge is -2.14. The van der Waals surface area contributed by atoms with Crippen molar-refractivity contribution in [1.29, 1.82) is 0 Å². The Hall–Kier alpha value is -5.36. The summed E-state index contributed by atoms with van der Waals surface area (Å²) in [5.41, 5.74) is 4.67. The van der Waals surface area contributed by atoms with Crippen LogP contribution in [0.4, 0.5) is 0 Å². The molecule has 3 aromatic carbocycles. The van der Waals surface area contributed by atoms with Crippen molar-refractivity contribution in [2.75, 3.05) is 13.2 Å². The van der Waals surface area contributed by atoms with Crippen LogP contribution in [0.5, 0.6) is 11.5 Å². The minimum atomic E-state index is -0.311. The lowest BCUT2D eigenvalue weighted by atomic mass is 10.2. The number of para-hydroxylation sites is 1. The summed E-state index contributed by atoms with van der Waals surface area (Å²) in [5.74, 6) is 1.58. The molecule has 0 saturated heterocycles. The highest BCUT2D eigenvalue weighted by molar-refractivity contribution is 5.78. The molecule has 0 atom stereocenters. The molecule has 12 heteroatoms. The van der Waals surface area contributed by atoms with E-state index in [0.29, 0.717) is 54.1 Å². The maximum Gasteiger partial charge on any atom is 0.309 e. The summed E-state index contributed by atoms with van der Waals surface area (Å²) in [4.78, 5) is 20.9. The molecule has 6 aromatic rings. The van der Waals surface area contributed by atoms with Crippen LogP contribution in [0.25, 0.3) is 33.7 Å². The first kappa shape index (κ1) is 27.8. The van der Waals surface area contributed by atoms with E-state index in [1.54, 1.807) is 6.92 Å². The summed E-state index contributed by atoms with van der Waals surface area (Å²) in [5, 5.41) is 14.7. The third kappa shape index (κ3) is 6.93. The number of nitrogens with zero attached hydrogens (tertiary/aromatic N) is 5. The van der Waals surface area contributed by atoms with Gasteiger partial charge in [-0.3, -0.25) is 4.79 Å². The van der Waals surface area contributed by atoms with Gasteiger partial charge in [0.25, 0.3) is 5.89 Å². The number of carbonyl (C=O) groups is 1. The summed E-state index contributed by atoms with van der Waals surface area (Å²) >= 11 is 0. The fourth-order valence-electron chi connectivity index (χ4n) is 4.41. The van der Waals surface area contributed by atoms with Crippen molar-refractivity contribution in [2.24, 2.45) is 0 Å². The molecule has 0 spiro atoms. The third-order valence-corrected chi connectivity index (χ3v) is 6.47. The number of tetrazole rings is 1. The van der Waals surface area contributed by atoms with Crippen LogP contribution in [0, 0.1) is 0 Å². The van der Waals surface area contributed by atoms with Crippen molar-refractivity contribution in [3.8, 4) is 23.2 Å². The van der Waals surface area contributed by atoms with Gasteiger partial charge in [0, 0.05) is 10.9 Å². The van der Waals surface area contributed by atoms with Crippen molar-refractivity contribution < 1.29 is 28.2 Å². The summed E-state index contributed by atoms with van der Waals surface area (Å²) in [6.07, 6.45) is 0.142. The zero-order valence-corrected chi connectivity index (χ0v) is 23.4. The Morgan fingerprint density at radius 2 is 1.84 bits per heavy atom. The van der Waals surface area contributed by atoms with Crippen molar-refractivity contribution in [3.63, 3.8) is 0 Å². The maximum atomic E-state index is 11.8. The van der Waals surface area contributed by atoms with Gasteiger partial charge in [0.2, 0.25) is 5.82 Å². The van der Waals surface area contributed by atoms with Gasteiger partial charge in [-0.1, -0.05) is 30.3 Å². The molecular formula is C31H28N6O6. The Bertz CT molecular complexity index is 1840. The molecule has 0 aliphatic heterocycles. The highest BCUT2D eigenvalue weighted by Crippen LogP contribution is 2.27. The van der Waals surface area contributed by atoms with Crippen molar-refractivity contribution in [2.45, 2.75) is 33.2 Å². The summed E-state index contributed by atoms with van der Waals surface area (Å²) in [6, 6.07) is 23.1. The normalized spacial score (nSPS) is 11.2. The van der Waals surface area contributed by atoms with Crippen LogP contribution in [0.2, 0.25) is 0 Å². The number of benzene rings is 3. The third-order valence-electron chi connectivity index (χ3n) is 6.47. The van der Waals surface area contributed by atoms with Gasteiger partial charge in [0.15, 0.2) is 5.58 Å². The second-order valence-electron chi connectivity index (χ2n) is 9.52. The number of aromatic nitrogens is 6. The predicted octanol–water partition coefficient (Wildman–Crippen LogP) is 5.18. The molecule has 3 aromatic heterocycles. The van der Waals surface area contributed by atoms with Gasteiger partial charge >= 0.3 is 5.97 Å². The van der Waals surface area contributed by atoms with Crippen molar-refractivity contribution >= 4 is 28.0 Å². The standard InChI is InChI=1S/C31H28N6O6/c1-2-40-29(38)13-14-41-27-12-10-24(42-19-23-9-8-21-5-3-4-6-25(21)32-23)16-22(27)18-39-17-20-7-11-26-28(15-20)43-31(33-26)30-34-36-37-35-30/h3-12,15-16H,2,13-14,17-19H2,1H3,(H,34,35,36,37). The summed E-state index contributed by atoms with van der Waals surface area (Å²) < 4.78 is 28.9. The number of esters is 1. The average Bonchev–Trinajstić information content (AvgIpc) is 3.71. The molecule has 0 fully saturated rings. The monoisotopic (exact) mass is 580 g/mol. The highest BCUT2D eigenvalue weighted by atomic mass is 16.5. The SMILES string of the molecule is CCOC(=O)CCOc1ccc(OCc2ccc3ccccc3n2)cc1COCc1ccc2nc(-c3nnn[nH]3)oc2c1. The molecule has 0 radical (unpaired) electrons. The molecule has 12 nitrogen and oxygen atoms in total. The van der Waals surface area contributed by atoms with Crippen molar-refractivity contribution in [1.82, 2.24) is 30.6 Å². The molecule has 0 bridgehead atoms. The number of hydrogen-bond acceptors (Lipinski definition) is 11. The molecule has 0 aliphatic carbocycles. The van der Waals surface area contributed by atoms with E-state index in [1.807, 2.05) is 72.8 Å². The van der Waals surface area contributed by atoms with Gasteiger partial charge in [-0.05, 0) is 65.4 Å². The van der Waals surface area contributed by atoms with Gasteiger partial charge in [-0.15, -0.1) is 5.10 Å². The zero-order chi connectivity index (χ0) is 29.4. The number of nitrogens with one attached hydrogen (secondary N) is 1. The minimum Gasteiger partial charge on any atom is -0.493 e. The summed E-state index contributed by atoms with van der Waals surface area (Å²) in [7, 11) is 0. The predicted molar refractivity (Wildman–Crippen MR) is 155 cm³/mol. The topological polar surface area (TPSA) is 147 Å². The van der Waals surface area contributed by atoms with E-state index < -0.39 is 0 Å². The van der Waals surface area contributed by atoms with Crippen LogP contribution in [0.3, 0.4) is 0 Å². The Balaban J connectivity index is 1.13. The first-order valence-electron chi connectivity index (χ1n) is 13.7. The second kappa shape index (κ2) is 13.1. The number of ether oxygens (including phenoxy) is 4. The van der Waals surface area contributed by atoms with E-state index >= 15 is 0 Å². The van der Waals surface area contributed by atoms with Crippen LogP contribution in [0.1, 0.15) is 30.2 Å². The van der Waals surface area contributed by atoms with Crippen LogP contribution in [0.15, 0.2) is 77.2 Å². The molecule has 1 N–H and O–H groups in total. The van der Waals surface area contributed by atoms with E-state index in [2.05, 4.69) is 30.6 Å². The molecular weight excluding hydrogens is 552 g/mol. The molecule has 3 heterocycles. The van der Waals surface area contributed by atoms with Crippen LogP contribution in [-0.4, -0.2) is 49.8 Å². The minimum absolute atomic E-state index is 0.142. The maximum absolute atomic E-state index is 11.8. The van der Waals surface area contributed by atoms with E-state index in [4.69, 9.17) is 23.4 Å². The lowest BCUT2D eigenvalue weighted by molar-refractivity contribution is -0.143. The van der Waals surface area contributed by atoms with Crippen LogP contribution in [-0.2, 0) is 34.1 Å². The largest absolute Gasteiger partial charge is 0.493 e. The van der Waals surface area contributed by atoms with Gasteiger partial charge < -0.3 is 23.4 Å². The number of aromatic amines is 1. The van der Waals surface area contributed by atoms with Gasteiger partial charge in [-0.25, -0.2) is 15.1 Å². The first-order chi connectivity index (χ1) is 21.1. The molecule has 0 amide bonds. The Morgan fingerprint density at radius 1 is 0.907 bits per heavy atom. The number of hydrogen-bond donors (Lipinski definition) is 1. The lowest BCUT2D eigenvalue weighted by Crippen LogP contribution is -2.10.